The van der Waals surface area contributed by atoms with Crippen LogP contribution in [0.4, 0.5) is 0 Å². The van der Waals surface area contributed by atoms with Crippen LogP contribution in [0, 0.1) is 0 Å². The van der Waals surface area contributed by atoms with Gasteiger partial charge in [-0.3, -0.25) is 4.90 Å². The monoisotopic (exact) mass is 172 g/mol. The first-order valence-corrected chi connectivity index (χ1v) is 4.64. The molecular formula is C9H20N2O. The third-order valence-electron chi connectivity index (χ3n) is 2.32. The quantitative estimate of drug-likeness (QED) is 0.542. The van der Waals surface area contributed by atoms with Gasteiger partial charge in [-0.05, 0) is 20.8 Å². The number of hydrogen-bond donors (Lipinski definition) is 2. The van der Waals surface area contributed by atoms with Gasteiger partial charge in [-0.1, -0.05) is 0 Å². The van der Waals surface area contributed by atoms with E-state index in [4.69, 9.17) is 0 Å². The largest absolute Gasteiger partial charge is 0.390 e. The topological polar surface area (TPSA) is 35.5 Å². The third-order valence-corrected chi connectivity index (χ3v) is 2.32. The lowest BCUT2D eigenvalue weighted by Gasteiger charge is -2.35. The standard InChI is InChI=1S/C9H20N2O/c1-9(2,3)11-5-4-10-6-8(12)7-11/h8,10,12H,4-7H2,1-3H3. The van der Waals surface area contributed by atoms with Crippen molar-refractivity contribution < 1.29 is 5.11 Å². The number of β-amino-alcohol motifs (C(OH)–C–C–N with tert-alkyl or cyclic N) is 1. The van der Waals surface area contributed by atoms with Gasteiger partial charge in [-0.25, -0.2) is 0 Å². The Balaban J connectivity index is 2.52. The van der Waals surface area contributed by atoms with Crippen LogP contribution in [0.5, 0.6) is 0 Å². The zero-order valence-corrected chi connectivity index (χ0v) is 8.30. The van der Waals surface area contributed by atoms with Gasteiger partial charge in [0.2, 0.25) is 0 Å². The Hall–Kier alpha value is -0.120. The second-order valence-electron chi connectivity index (χ2n) is 4.47. The summed E-state index contributed by atoms with van der Waals surface area (Å²) < 4.78 is 0. The number of aliphatic hydroxyl groups excluding tert-OH is 1. The average Bonchev–Trinajstić information content (AvgIpc) is 2.11. The zero-order chi connectivity index (χ0) is 9.19. The first-order chi connectivity index (χ1) is 5.50. The predicted molar refractivity (Wildman–Crippen MR) is 50.2 cm³/mol. The second kappa shape index (κ2) is 3.73. The molecule has 0 spiro atoms. The number of nitrogens with one attached hydrogen (secondary N) is 1. The number of nitrogens with zero attached hydrogens (tertiary/aromatic N) is 1. The van der Waals surface area contributed by atoms with Crippen LogP contribution in [0.25, 0.3) is 0 Å². The smallest absolute Gasteiger partial charge is 0.0791 e. The van der Waals surface area contributed by atoms with E-state index in [1.54, 1.807) is 0 Å². The van der Waals surface area contributed by atoms with Crippen LogP contribution in [0.3, 0.4) is 0 Å². The van der Waals surface area contributed by atoms with E-state index < -0.39 is 0 Å². The summed E-state index contributed by atoms with van der Waals surface area (Å²) in [6, 6.07) is 0. The van der Waals surface area contributed by atoms with Crippen molar-refractivity contribution in [1.82, 2.24) is 10.2 Å². The molecule has 0 aromatic carbocycles. The number of aliphatic hydroxyl groups is 1. The van der Waals surface area contributed by atoms with Gasteiger partial charge in [-0.2, -0.15) is 0 Å². The first-order valence-electron chi connectivity index (χ1n) is 4.64. The van der Waals surface area contributed by atoms with E-state index in [1.807, 2.05) is 0 Å². The molecule has 0 amide bonds. The van der Waals surface area contributed by atoms with Gasteiger partial charge in [0.25, 0.3) is 0 Å². The van der Waals surface area contributed by atoms with Crippen LogP contribution in [-0.4, -0.2) is 47.8 Å². The fourth-order valence-electron chi connectivity index (χ4n) is 1.50. The van der Waals surface area contributed by atoms with Crippen molar-refractivity contribution in [2.24, 2.45) is 0 Å². The molecule has 1 fully saturated rings. The maximum Gasteiger partial charge on any atom is 0.0791 e. The maximum absolute atomic E-state index is 9.52. The Bertz CT molecular complexity index is 142. The molecule has 3 heteroatoms. The summed E-state index contributed by atoms with van der Waals surface area (Å²) in [4.78, 5) is 2.32. The van der Waals surface area contributed by atoms with E-state index >= 15 is 0 Å². The Kier molecular flexibility index (Phi) is 3.09. The van der Waals surface area contributed by atoms with E-state index in [2.05, 4.69) is 31.0 Å². The highest BCUT2D eigenvalue weighted by Crippen LogP contribution is 2.13. The molecule has 3 nitrogen and oxygen atoms in total. The van der Waals surface area contributed by atoms with Crippen LogP contribution in [0.2, 0.25) is 0 Å². The van der Waals surface area contributed by atoms with Crippen molar-refractivity contribution in [3.63, 3.8) is 0 Å². The summed E-state index contributed by atoms with van der Waals surface area (Å²) in [6.45, 7) is 10.1. The van der Waals surface area contributed by atoms with Crippen LogP contribution in [0.15, 0.2) is 0 Å². The molecule has 1 saturated heterocycles. The lowest BCUT2D eigenvalue weighted by atomic mass is 10.1. The molecule has 0 saturated carbocycles. The zero-order valence-electron chi connectivity index (χ0n) is 8.30. The summed E-state index contributed by atoms with van der Waals surface area (Å²) >= 11 is 0. The van der Waals surface area contributed by atoms with E-state index in [9.17, 15) is 5.11 Å². The van der Waals surface area contributed by atoms with Crippen molar-refractivity contribution in [3.8, 4) is 0 Å². The molecule has 1 atom stereocenters. The lowest BCUT2D eigenvalue weighted by Crippen LogP contribution is -2.45. The molecule has 0 aromatic heterocycles. The molecule has 0 bridgehead atoms. The van der Waals surface area contributed by atoms with E-state index in [1.165, 1.54) is 0 Å². The molecule has 1 rings (SSSR count). The molecule has 1 aliphatic rings. The highest BCUT2D eigenvalue weighted by molar-refractivity contribution is 4.82. The lowest BCUT2D eigenvalue weighted by molar-refractivity contribution is 0.0769. The Labute approximate surface area is 74.8 Å². The van der Waals surface area contributed by atoms with Gasteiger partial charge in [0.05, 0.1) is 6.10 Å². The first kappa shape index (κ1) is 9.96. The summed E-state index contributed by atoms with van der Waals surface area (Å²) in [6.07, 6.45) is -0.216. The summed E-state index contributed by atoms with van der Waals surface area (Å²) in [5.41, 5.74) is 0.174. The van der Waals surface area contributed by atoms with Crippen molar-refractivity contribution >= 4 is 0 Å². The minimum absolute atomic E-state index is 0.174. The Morgan fingerprint density at radius 3 is 2.67 bits per heavy atom. The third kappa shape index (κ3) is 2.73. The van der Waals surface area contributed by atoms with Gasteiger partial charge in [0, 0.05) is 31.7 Å². The highest BCUT2D eigenvalue weighted by Gasteiger charge is 2.24. The molecule has 72 valence electrons. The van der Waals surface area contributed by atoms with Gasteiger partial charge < -0.3 is 10.4 Å². The fraction of sp³-hybridized carbons (Fsp3) is 1.00. The predicted octanol–water partition coefficient (Wildman–Crippen LogP) is 0.0510. The molecule has 1 heterocycles. The maximum atomic E-state index is 9.52. The molecule has 0 radical (unpaired) electrons. The molecular weight excluding hydrogens is 152 g/mol. The number of rotatable bonds is 0. The molecule has 0 aliphatic carbocycles. The van der Waals surface area contributed by atoms with E-state index in [0.717, 1.165) is 26.2 Å². The van der Waals surface area contributed by atoms with Crippen LogP contribution in [-0.2, 0) is 0 Å². The van der Waals surface area contributed by atoms with Crippen LogP contribution in [0.1, 0.15) is 20.8 Å². The number of hydrogen-bond acceptors (Lipinski definition) is 3. The van der Waals surface area contributed by atoms with Crippen molar-refractivity contribution in [2.75, 3.05) is 26.2 Å². The molecule has 0 aromatic rings. The summed E-state index contributed by atoms with van der Waals surface area (Å²) in [5.74, 6) is 0. The second-order valence-corrected chi connectivity index (χ2v) is 4.47. The van der Waals surface area contributed by atoms with Crippen LogP contribution < -0.4 is 5.32 Å². The Morgan fingerprint density at radius 1 is 1.42 bits per heavy atom. The fourth-order valence-corrected chi connectivity index (χ4v) is 1.50. The van der Waals surface area contributed by atoms with E-state index in [0.29, 0.717) is 0 Å². The van der Waals surface area contributed by atoms with Crippen molar-refractivity contribution in [1.29, 1.82) is 0 Å². The normalized spacial score (nSPS) is 28.5. The van der Waals surface area contributed by atoms with E-state index in [-0.39, 0.29) is 11.6 Å². The highest BCUT2D eigenvalue weighted by atomic mass is 16.3. The van der Waals surface area contributed by atoms with Gasteiger partial charge in [0.15, 0.2) is 0 Å². The molecule has 12 heavy (non-hydrogen) atoms. The molecule has 1 unspecified atom stereocenters. The van der Waals surface area contributed by atoms with Gasteiger partial charge in [0.1, 0.15) is 0 Å². The summed E-state index contributed by atoms with van der Waals surface area (Å²) in [7, 11) is 0. The van der Waals surface area contributed by atoms with Gasteiger partial charge in [-0.15, -0.1) is 0 Å². The van der Waals surface area contributed by atoms with Crippen molar-refractivity contribution in [3.05, 3.63) is 0 Å². The average molecular weight is 172 g/mol. The van der Waals surface area contributed by atoms with Crippen LogP contribution >= 0.6 is 0 Å². The molecule has 1 aliphatic heterocycles. The minimum Gasteiger partial charge on any atom is -0.390 e. The SMILES string of the molecule is CC(C)(C)N1CCNCC(O)C1. The molecule has 2 N–H and O–H groups in total. The summed E-state index contributed by atoms with van der Waals surface area (Å²) in [5, 5.41) is 12.7. The minimum atomic E-state index is -0.216. The Morgan fingerprint density at radius 2 is 2.08 bits per heavy atom. The van der Waals surface area contributed by atoms with Crippen molar-refractivity contribution in [2.45, 2.75) is 32.4 Å². The van der Waals surface area contributed by atoms with Gasteiger partial charge >= 0.3 is 0 Å².